The Morgan fingerprint density at radius 3 is 2.93 bits per heavy atom. The van der Waals surface area contributed by atoms with Gasteiger partial charge in [0.25, 0.3) is 5.56 Å². The molecule has 0 saturated carbocycles. The van der Waals surface area contributed by atoms with E-state index in [0.29, 0.717) is 5.92 Å². The third-order valence-electron chi connectivity index (χ3n) is 2.43. The second-order valence-corrected chi connectivity index (χ2v) is 3.84. The van der Waals surface area contributed by atoms with E-state index in [-0.39, 0.29) is 10.7 Å². The molecule has 0 atom stereocenters. The molecule has 1 aromatic heterocycles. The van der Waals surface area contributed by atoms with Gasteiger partial charge in [0.05, 0.1) is 0 Å². The Morgan fingerprint density at radius 2 is 2.21 bits per heavy atom. The molecule has 0 saturated heterocycles. The van der Waals surface area contributed by atoms with Gasteiger partial charge in [0.2, 0.25) is 0 Å². The van der Waals surface area contributed by atoms with Crippen molar-refractivity contribution in [2.75, 3.05) is 0 Å². The first-order valence-electron chi connectivity index (χ1n) is 4.63. The molecule has 0 fully saturated rings. The predicted octanol–water partition coefficient (Wildman–Crippen LogP) is 1.86. The van der Waals surface area contributed by atoms with Crippen LogP contribution < -0.4 is 5.56 Å². The van der Waals surface area contributed by atoms with E-state index in [1.807, 2.05) is 0 Å². The zero-order chi connectivity index (χ0) is 9.97. The van der Waals surface area contributed by atoms with Crippen molar-refractivity contribution in [3.63, 3.8) is 0 Å². The lowest BCUT2D eigenvalue weighted by Gasteiger charge is -2.10. The Kier molecular flexibility index (Phi) is 2.68. The number of halogens is 1. The monoisotopic (exact) mass is 210 g/mol. The first-order chi connectivity index (χ1) is 6.77. The highest BCUT2D eigenvalue weighted by Gasteiger charge is 2.12. The van der Waals surface area contributed by atoms with Gasteiger partial charge in [0.15, 0.2) is 5.15 Å². The van der Waals surface area contributed by atoms with Crippen LogP contribution in [0.2, 0.25) is 5.15 Å². The molecule has 0 aromatic carbocycles. The number of aromatic nitrogens is 2. The highest BCUT2D eigenvalue weighted by Crippen LogP contribution is 2.18. The van der Waals surface area contributed by atoms with Crippen molar-refractivity contribution >= 4 is 11.6 Å². The highest BCUT2D eigenvalue weighted by molar-refractivity contribution is 6.29. The molecule has 74 valence electrons. The van der Waals surface area contributed by atoms with Crippen molar-refractivity contribution < 1.29 is 0 Å². The minimum absolute atomic E-state index is 0.0541. The van der Waals surface area contributed by atoms with E-state index < -0.39 is 0 Å². The molecule has 1 heterocycles. The van der Waals surface area contributed by atoms with Gasteiger partial charge >= 0.3 is 0 Å². The first-order valence-corrected chi connectivity index (χ1v) is 5.01. The van der Waals surface area contributed by atoms with Gasteiger partial charge in [0.1, 0.15) is 0 Å². The van der Waals surface area contributed by atoms with E-state index in [1.54, 1.807) is 17.0 Å². The van der Waals surface area contributed by atoms with E-state index in [1.165, 1.54) is 0 Å². The third-order valence-corrected chi connectivity index (χ3v) is 2.69. The molecule has 0 radical (unpaired) electrons. The summed E-state index contributed by atoms with van der Waals surface area (Å²) in [5, 5.41) is 0.0541. The Bertz CT molecular complexity index is 403. The molecule has 14 heavy (non-hydrogen) atoms. The maximum absolute atomic E-state index is 11.5. The number of rotatable bonds is 2. The summed E-state index contributed by atoms with van der Waals surface area (Å²) in [6.07, 6.45) is 9.65. The Hall–Kier alpha value is -1.09. The van der Waals surface area contributed by atoms with Crippen LogP contribution in [0, 0.1) is 5.92 Å². The minimum Gasteiger partial charge on any atom is -0.311 e. The second kappa shape index (κ2) is 3.96. The zero-order valence-electron chi connectivity index (χ0n) is 7.69. The van der Waals surface area contributed by atoms with Gasteiger partial charge in [-0.05, 0) is 18.8 Å². The fourth-order valence-electron chi connectivity index (χ4n) is 1.67. The molecule has 2 rings (SSSR count). The Morgan fingerprint density at radius 1 is 1.50 bits per heavy atom. The maximum Gasteiger partial charge on any atom is 0.288 e. The van der Waals surface area contributed by atoms with E-state index >= 15 is 0 Å². The summed E-state index contributed by atoms with van der Waals surface area (Å²) >= 11 is 5.64. The maximum atomic E-state index is 11.5. The van der Waals surface area contributed by atoms with Crippen LogP contribution in [0.5, 0.6) is 0 Å². The highest BCUT2D eigenvalue weighted by atomic mass is 35.5. The first kappa shape index (κ1) is 9.46. The number of hydrogen-bond donors (Lipinski definition) is 0. The van der Waals surface area contributed by atoms with Crippen LogP contribution in [0.25, 0.3) is 0 Å². The summed E-state index contributed by atoms with van der Waals surface area (Å²) in [5.41, 5.74) is -0.193. The summed E-state index contributed by atoms with van der Waals surface area (Å²) < 4.78 is 1.63. The van der Waals surface area contributed by atoms with E-state index in [2.05, 4.69) is 17.1 Å². The molecule has 3 nitrogen and oxygen atoms in total. The molecule has 0 aliphatic heterocycles. The van der Waals surface area contributed by atoms with Crippen LogP contribution >= 0.6 is 11.6 Å². The smallest absolute Gasteiger partial charge is 0.288 e. The van der Waals surface area contributed by atoms with Crippen LogP contribution in [0.4, 0.5) is 0 Å². The SMILES string of the molecule is O=c1c(Cl)nccn1CC1CC=CC1. The second-order valence-electron chi connectivity index (χ2n) is 3.48. The van der Waals surface area contributed by atoms with Crippen molar-refractivity contribution in [2.45, 2.75) is 19.4 Å². The molecule has 1 aliphatic carbocycles. The molecule has 0 amide bonds. The lowest BCUT2D eigenvalue weighted by Crippen LogP contribution is -2.23. The fourth-order valence-corrected chi connectivity index (χ4v) is 1.83. The molecular weight excluding hydrogens is 200 g/mol. The van der Waals surface area contributed by atoms with Crippen LogP contribution in [0.1, 0.15) is 12.8 Å². The largest absolute Gasteiger partial charge is 0.311 e. The molecular formula is C10H11ClN2O. The van der Waals surface area contributed by atoms with Crippen LogP contribution in [-0.2, 0) is 6.54 Å². The van der Waals surface area contributed by atoms with Gasteiger partial charge in [-0.2, -0.15) is 0 Å². The van der Waals surface area contributed by atoms with Gasteiger partial charge in [0, 0.05) is 18.9 Å². The van der Waals surface area contributed by atoms with Gasteiger partial charge in [-0.25, -0.2) is 4.98 Å². The summed E-state index contributed by atoms with van der Waals surface area (Å²) in [7, 11) is 0. The number of hydrogen-bond acceptors (Lipinski definition) is 2. The van der Waals surface area contributed by atoms with Crippen LogP contribution in [0.3, 0.4) is 0 Å². The van der Waals surface area contributed by atoms with Crippen LogP contribution in [0.15, 0.2) is 29.3 Å². The van der Waals surface area contributed by atoms with Gasteiger partial charge in [-0.3, -0.25) is 4.79 Å². The Labute approximate surface area is 87.0 Å². The summed E-state index contributed by atoms with van der Waals surface area (Å²) in [5.74, 6) is 0.533. The zero-order valence-corrected chi connectivity index (χ0v) is 8.44. The van der Waals surface area contributed by atoms with Gasteiger partial charge in [-0.1, -0.05) is 23.8 Å². The fraction of sp³-hybridized carbons (Fsp3) is 0.400. The average molecular weight is 211 g/mol. The minimum atomic E-state index is -0.193. The molecule has 0 bridgehead atoms. The third kappa shape index (κ3) is 1.87. The predicted molar refractivity (Wildman–Crippen MR) is 55.4 cm³/mol. The standard InChI is InChI=1S/C10H11ClN2O/c11-9-10(14)13(6-5-12-9)7-8-3-1-2-4-8/h1-2,5-6,8H,3-4,7H2. The van der Waals surface area contributed by atoms with E-state index in [9.17, 15) is 4.79 Å². The van der Waals surface area contributed by atoms with Gasteiger partial charge < -0.3 is 4.57 Å². The van der Waals surface area contributed by atoms with Crippen molar-refractivity contribution in [1.29, 1.82) is 0 Å². The summed E-state index contributed by atoms with van der Waals surface area (Å²) in [6.45, 7) is 0.730. The van der Waals surface area contributed by atoms with Crippen molar-refractivity contribution in [2.24, 2.45) is 5.92 Å². The van der Waals surface area contributed by atoms with Crippen molar-refractivity contribution in [3.8, 4) is 0 Å². The lowest BCUT2D eigenvalue weighted by molar-refractivity contribution is 0.461. The summed E-state index contributed by atoms with van der Waals surface area (Å²) in [4.78, 5) is 15.2. The molecule has 1 aliphatic rings. The molecule has 0 N–H and O–H groups in total. The van der Waals surface area contributed by atoms with Crippen molar-refractivity contribution in [1.82, 2.24) is 9.55 Å². The molecule has 1 aromatic rings. The lowest BCUT2D eigenvalue weighted by atomic mass is 10.1. The van der Waals surface area contributed by atoms with E-state index in [0.717, 1.165) is 19.4 Å². The van der Waals surface area contributed by atoms with Gasteiger partial charge in [-0.15, -0.1) is 0 Å². The average Bonchev–Trinajstić information content (AvgIpc) is 2.66. The summed E-state index contributed by atoms with van der Waals surface area (Å²) in [6, 6.07) is 0. The molecule has 4 heteroatoms. The van der Waals surface area contributed by atoms with Crippen LogP contribution in [-0.4, -0.2) is 9.55 Å². The number of allylic oxidation sites excluding steroid dienone is 2. The van der Waals surface area contributed by atoms with E-state index in [4.69, 9.17) is 11.6 Å². The van der Waals surface area contributed by atoms with Crippen molar-refractivity contribution in [3.05, 3.63) is 40.1 Å². The normalized spacial score (nSPS) is 16.4. The topological polar surface area (TPSA) is 34.9 Å². The number of nitrogens with zero attached hydrogens (tertiary/aromatic N) is 2. The molecule has 0 unspecified atom stereocenters. The quantitative estimate of drug-likeness (QED) is 0.699. The Balaban J connectivity index is 2.16. The molecule has 0 spiro atoms.